The molecule has 1 amide bonds. The molecule has 2 rings (SSSR count). The van der Waals surface area contributed by atoms with Gasteiger partial charge in [-0.2, -0.15) is 0 Å². The molecule has 0 N–H and O–H groups in total. The summed E-state index contributed by atoms with van der Waals surface area (Å²) < 4.78 is 22.4. The molecule has 1 aliphatic rings. The Morgan fingerprint density at radius 3 is 2.65 bits per heavy atom. The molecule has 7 heteroatoms. The Kier molecular flexibility index (Phi) is 5.92. The molecule has 0 unspecified atom stereocenters. The Morgan fingerprint density at radius 2 is 1.96 bits per heavy atom. The molecule has 1 aliphatic heterocycles. The quantitative estimate of drug-likeness (QED) is 0.827. The van der Waals surface area contributed by atoms with Crippen LogP contribution in [0.1, 0.15) is 18.4 Å². The third-order valence-corrected chi connectivity index (χ3v) is 5.47. The van der Waals surface area contributed by atoms with Crippen LogP contribution in [0.5, 0.6) is 0 Å². The van der Waals surface area contributed by atoms with Gasteiger partial charge in [-0.15, -0.1) is 0 Å². The Hall–Kier alpha value is -1.27. The second kappa shape index (κ2) is 7.53. The minimum Gasteiger partial charge on any atom is -0.369 e. The molecule has 5 nitrogen and oxygen atoms in total. The first-order valence-electron chi connectivity index (χ1n) is 7.73. The van der Waals surface area contributed by atoms with Crippen LogP contribution in [0, 0.1) is 6.92 Å². The monoisotopic (exact) mass is 358 g/mol. The van der Waals surface area contributed by atoms with Crippen LogP contribution < -0.4 is 4.90 Å². The van der Waals surface area contributed by atoms with E-state index in [-0.39, 0.29) is 18.1 Å². The van der Waals surface area contributed by atoms with Crippen LogP contribution in [0.2, 0.25) is 5.02 Å². The molecular weight excluding hydrogens is 336 g/mol. The second-order valence-electron chi connectivity index (χ2n) is 5.99. The maximum absolute atomic E-state index is 12.2. The number of benzene rings is 1. The Balaban J connectivity index is 1.99. The molecule has 0 saturated carbocycles. The second-order valence-corrected chi connectivity index (χ2v) is 8.65. The Bertz CT molecular complexity index is 676. The van der Waals surface area contributed by atoms with Crippen molar-refractivity contribution in [1.29, 1.82) is 0 Å². The summed E-state index contributed by atoms with van der Waals surface area (Å²) in [7, 11) is -3.10. The first kappa shape index (κ1) is 18.1. The van der Waals surface area contributed by atoms with E-state index in [1.54, 1.807) is 4.90 Å². The lowest BCUT2D eigenvalue weighted by Crippen LogP contribution is -2.36. The van der Waals surface area contributed by atoms with Gasteiger partial charge in [0, 0.05) is 49.6 Å². The van der Waals surface area contributed by atoms with Crippen LogP contribution in [0.3, 0.4) is 0 Å². The minimum atomic E-state index is -3.10. The summed E-state index contributed by atoms with van der Waals surface area (Å²) >= 11 is 6.19. The molecule has 1 aromatic carbocycles. The normalized spacial score (nSPS) is 16.3. The molecule has 0 bridgehead atoms. The Labute approximate surface area is 143 Å². The molecule has 1 fully saturated rings. The van der Waals surface area contributed by atoms with Crippen LogP contribution in [-0.2, 0) is 14.6 Å². The molecule has 0 atom stereocenters. The average Bonchev–Trinajstić information content (AvgIpc) is 2.73. The predicted molar refractivity (Wildman–Crippen MR) is 93.9 cm³/mol. The summed E-state index contributed by atoms with van der Waals surface area (Å²) in [5.41, 5.74) is 2.15. The van der Waals surface area contributed by atoms with Crippen molar-refractivity contribution >= 4 is 33.0 Å². The largest absolute Gasteiger partial charge is 0.369 e. The molecule has 1 saturated heterocycles. The zero-order chi connectivity index (χ0) is 17.0. The van der Waals surface area contributed by atoms with Crippen molar-refractivity contribution in [3.63, 3.8) is 0 Å². The third kappa shape index (κ3) is 5.11. The summed E-state index contributed by atoms with van der Waals surface area (Å²) in [4.78, 5) is 16.2. The van der Waals surface area contributed by atoms with Gasteiger partial charge in [0.1, 0.15) is 9.84 Å². The molecule has 0 spiro atoms. The lowest BCUT2D eigenvalue weighted by atomic mass is 10.1. The van der Waals surface area contributed by atoms with Gasteiger partial charge in [0.25, 0.3) is 0 Å². The van der Waals surface area contributed by atoms with Gasteiger partial charge < -0.3 is 9.80 Å². The molecule has 0 aromatic heterocycles. The van der Waals surface area contributed by atoms with Crippen LogP contribution >= 0.6 is 11.6 Å². The molecule has 128 valence electrons. The zero-order valence-corrected chi connectivity index (χ0v) is 15.2. The molecule has 0 aliphatic carbocycles. The summed E-state index contributed by atoms with van der Waals surface area (Å²) in [5, 5.41) is 0.743. The highest BCUT2D eigenvalue weighted by atomic mass is 35.5. The Morgan fingerprint density at radius 1 is 1.22 bits per heavy atom. The number of rotatable bonds is 4. The van der Waals surface area contributed by atoms with Crippen molar-refractivity contribution in [2.75, 3.05) is 43.1 Å². The van der Waals surface area contributed by atoms with Crippen molar-refractivity contribution in [3.05, 3.63) is 28.8 Å². The molecule has 1 heterocycles. The zero-order valence-electron chi connectivity index (χ0n) is 13.6. The van der Waals surface area contributed by atoms with Crippen molar-refractivity contribution < 1.29 is 13.2 Å². The maximum atomic E-state index is 12.2. The van der Waals surface area contributed by atoms with Crippen LogP contribution in [-0.4, -0.2) is 57.4 Å². The van der Waals surface area contributed by atoms with Crippen LogP contribution in [0.4, 0.5) is 5.69 Å². The fraction of sp³-hybridized carbons (Fsp3) is 0.562. The molecule has 1 aromatic rings. The number of hydrogen-bond donors (Lipinski definition) is 0. The summed E-state index contributed by atoms with van der Waals surface area (Å²) in [6.07, 6.45) is 2.08. The SMILES string of the molecule is Cc1c(Cl)cccc1N1CCCN(C(=O)CCS(C)(=O)=O)CC1. The lowest BCUT2D eigenvalue weighted by molar-refractivity contribution is -0.130. The third-order valence-electron chi connectivity index (χ3n) is 4.12. The number of hydrogen-bond acceptors (Lipinski definition) is 4. The van der Waals surface area contributed by atoms with Crippen LogP contribution in [0.15, 0.2) is 18.2 Å². The van der Waals surface area contributed by atoms with Gasteiger partial charge >= 0.3 is 0 Å². The van der Waals surface area contributed by atoms with Gasteiger partial charge in [-0.25, -0.2) is 8.42 Å². The number of anilines is 1. The average molecular weight is 359 g/mol. The number of sulfone groups is 1. The minimum absolute atomic E-state index is 0.0645. The highest BCUT2D eigenvalue weighted by Gasteiger charge is 2.21. The highest BCUT2D eigenvalue weighted by molar-refractivity contribution is 7.90. The number of amides is 1. The van der Waals surface area contributed by atoms with E-state index in [9.17, 15) is 13.2 Å². The number of carbonyl (C=O) groups excluding carboxylic acids is 1. The summed E-state index contributed by atoms with van der Waals surface area (Å²) in [5.74, 6) is -0.167. The maximum Gasteiger partial charge on any atom is 0.223 e. The van der Waals surface area contributed by atoms with Crippen molar-refractivity contribution in [1.82, 2.24) is 4.90 Å². The van der Waals surface area contributed by atoms with Gasteiger partial charge in [-0.1, -0.05) is 17.7 Å². The summed E-state index contributed by atoms with van der Waals surface area (Å²) in [6, 6.07) is 5.85. The number of carbonyl (C=O) groups is 1. The van der Waals surface area contributed by atoms with Crippen molar-refractivity contribution in [3.8, 4) is 0 Å². The van der Waals surface area contributed by atoms with Gasteiger partial charge in [0.15, 0.2) is 0 Å². The van der Waals surface area contributed by atoms with Gasteiger partial charge in [-0.05, 0) is 31.0 Å². The first-order valence-corrected chi connectivity index (χ1v) is 10.2. The van der Waals surface area contributed by atoms with E-state index in [0.717, 1.165) is 42.0 Å². The van der Waals surface area contributed by atoms with Gasteiger partial charge in [-0.3, -0.25) is 4.79 Å². The lowest BCUT2D eigenvalue weighted by Gasteiger charge is -2.25. The standard InChI is InChI=1S/C16H23ClN2O3S/c1-13-14(17)5-3-6-15(13)18-8-4-9-19(11-10-18)16(20)7-12-23(2,21)22/h3,5-6H,4,7-12H2,1-2H3. The van der Waals surface area contributed by atoms with E-state index in [1.807, 2.05) is 25.1 Å². The predicted octanol–water partition coefficient (Wildman–Crippen LogP) is 2.12. The molecular formula is C16H23ClN2O3S. The van der Waals surface area contributed by atoms with E-state index in [0.29, 0.717) is 13.1 Å². The molecule has 23 heavy (non-hydrogen) atoms. The van der Waals surface area contributed by atoms with Gasteiger partial charge in [0.05, 0.1) is 5.75 Å². The van der Waals surface area contributed by atoms with E-state index >= 15 is 0 Å². The topological polar surface area (TPSA) is 57.7 Å². The number of nitrogens with zero attached hydrogens (tertiary/aromatic N) is 2. The highest BCUT2D eigenvalue weighted by Crippen LogP contribution is 2.27. The van der Waals surface area contributed by atoms with Gasteiger partial charge in [0.2, 0.25) is 5.91 Å². The van der Waals surface area contributed by atoms with Crippen LogP contribution in [0.25, 0.3) is 0 Å². The number of halogens is 1. The van der Waals surface area contributed by atoms with Crippen molar-refractivity contribution in [2.24, 2.45) is 0 Å². The van der Waals surface area contributed by atoms with E-state index < -0.39 is 9.84 Å². The fourth-order valence-electron chi connectivity index (χ4n) is 2.78. The first-order chi connectivity index (χ1) is 10.8. The fourth-order valence-corrected chi connectivity index (χ4v) is 3.49. The molecule has 0 radical (unpaired) electrons. The smallest absolute Gasteiger partial charge is 0.223 e. The van der Waals surface area contributed by atoms with Crippen molar-refractivity contribution in [2.45, 2.75) is 19.8 Å². The van der Waals surface area contributed by atoms with E-state index in [2.05, 4.69) is 4.90 Å². The summed E-state index contributed by atoms with van der Waals surface area (Å²) in [6.45, 7) is 4.85. The van der Waals surface area contributed by atoms with E-state index in [1.165, 1.54) is 0 Å². The van der Waals surface area contributed by atoms with E-state index in [4.69, 9.17) is 11.6 Å².